The number of H-pyrrole nitrogens is 2. The molecule has 0 unspecified atom stereocenters. The molecule has 3 heterocycles. The van der Waals surface area contributed by atoms with E-state index in [4.69, 9.17) is 4.74 Å². The monoisotopic (exact) mass is 357 g/mol. The van der Waals surface area contributed by atoms with E-state index < -0.39 is 0 Å². The van der Waals surface area contributed by atoms with Gasteiger partial charge in [0.15, 0.2) is 5.76 Å². The van der Waals surface area contributed by atoms with Crippen molar-refractivity contribution in [2.24, 2.45) is 0 Å². The van der Waals surface area contributed by atoms with Crippen LogP contribution in [0.5, 0.6) is 0 Å². The number of aromatic amines is 2. The molecule has 25 heavy (non-hydrogen) atoms. The van der Waals surface area contributed by atoms with Crippen LogP contribution in [-0.4, -0.2) is 22.8 Å². The molecule has 132 valence electrons. The van der Waals surface area contributed by atoms with Gasteiger partial charge in [-0.05, 0) is 55.4 Å². The van der Waals surface area contributed by atoms with Gasteiger partial charge in [0.05, 0.1) is 13.2 Å². The first-order chi connectivity index (χ1) is 11.7. The first-order valence-corrected chi connectivity index (χ1v) is 8.64. The van der Waals surface area contributed by atoms with Gasteiger partial charge in [-0.3, -0.25) is 0 Å². The zero-order valence-corrected chi connectivity index (χ0v) is 15.6. The third-order valence-corrected chi connectivity index (χ3v) is 5.15. The number of nitrogens with one attached hydrogen (secondary N) is 3. The van der Waals surface area contributed by atoms with Crippen molar-refractivity contribution in [3.63, 3.8) is 0 Å². The lowest BCUT2D eigenvalue weighted by Gasteiger charge is -2.20. The van der Waals surface area contributed by atoms with Crippen LogP contribution in [-0.2, 0) is 11.2 Å². The lowest BCUT2D eigenvalue weighted by molar-refractivity contribution is -0.388. The van der Waals surface area contributed by atoms with Gasteiger partial charge in [0, 0.05) is 23.7 Å². The SMILES string of the molecule is COC1=CC(c2ccc[nH]2)=[NH+]/C1=C\c1[nH]c(C)c2c1[C@H](C)CCC2.[Cl-]. The number of ether oxygens (including phenoxy) is 1. The largest absolute Gasteiger partial charge is 1.00 e. The van der Waals surface area contributed by atoms with E-state index in [1.807, 2.05) is 18.3 Å². The molecular formula is C20H24ClN3O. The molecule has 0 amide bonds. The second kappa shape index (κ2) is 6.96. The average Bonchev–Trinajstić information content (AvgIpc) is 3.28. The number of hydrogen-bond donors (Lipinski definition) is 3. The van der Waals surface area contributed by atoms with Crippen LogP contribution in [0, 0.1) is 6.92 Å². The normalized spacial score (nSPS) is 20.8. The topological polar surface area (TPSA) is 54.8 Å². The fraction of sp³-hybridized carbons (Fsp3) is 0.350. The van der Waals surface area contributed by atoms with Crippen molar-refractivity contribution in [3.05, 3.63) is 64.1 Å². The highest BCUT2D eigenvalue weighted by Gasteiger charge is 2.28. The Morgan fingerprint density at radius 2 is 2.20 bits per heavy atom. The molecule has 3 N–H and O–H groups in total. The second-order valence-corrected chi connectivity index (χ2v) is 6.74. The maximum atomic E-state index is 5.58. The summed E-state index contributed by atoms with van der Waals surface area (Å²) < 4.78 is 5.58. The van der Waals surface area contributed by atoms with Crippen molar-refractivity contribution >= 4 is 11.8 Å². The molecule has 0 aromatic carbocycles. The zero-order chi connectivity index (χ0) is 16.7. The molecule has 0 spiro atoms. The third kappa shape index (κ3) is 3.07. The lowest BCUT2D eigenvalue weighted by atomic mass is 9.84. The van der Waals surface area contributed by atoms with Crippen molar-refractivity contribution in [2.45, 2.75) is 39.0 Å². The van der Waals surface area contributed by atoms with Gasteiger partial charge in [0.2, 0.25) is 11.4 Å². The minimum Gasteiger partial charge on any atom is -1.00 e. The van der Waals surface area contributed by atoms with Crippen molar-refractivity contribution in [1.82, 2.24) is 9.97 Å². The first-order valence-electron chi connectivity index (χ1n) is 8.64. The molecule has 0 fully saturated rings. The molecule has 4 nitrogen and oxygen atoms in total. The Morgan fingerprint density at radius 1 is 1.36 bits per heavy atom. The molecule has 4 rings (SSSR count). The Bertz CT molecular complexity index is 856. The zero-order valence-electron chi connectivity index (χ0n) is 14.9. The van der Waals surface area contributed by atoms with E-state index in [1.165, 1.54) is 41.8 Å². The van der Waals surface area contributed by atoms with Crippen LogP contribution in [0.4, 0.5) is 0 Å². The predicted molar refractivity (Wildman–Crippen MR) is 95.8 cm³/mol. The summed E-state index contributed by atoms with van der Waals surface area (Å²) in [6.07, 6.45) is 9.90. The van der Waals surface area contributed by atoms with Crippen LogP contribution >= 0.6 is 0 Å². The van der Waals surface area contributed by atoms with E-state index in [1.54, 1.807) is 7.11 Å². The number of allylic oxidation sites excluding steroid dienone is 1. The van der Waals surface area contributed by atoms with Crippen LogP contribution in [0.15, 0.2) is 35.9 Å². The highest BCUT2D eigenvalue weighted by Crippen LogP contribution is 2.36. The van der Waals surface area contributed by atoms with Gasteiger partial charge < -0.3 is 27.1 Å². The lowest BCUT2D eigenvalue weighted by Crippen LogP contribution is -3.00. The molecular weight excluding hydrogens is 334 g/mol. The molecule has 0 bridgehead atoms. The molecule has 5 heteroatoms. The van der Waals surface area contributed by atoms with E-state index in [0.29, 0.717) is 5.92 Å². The number of methoxy groups -OCH3 is 1. The van der Waals surface area contributed by atoms with Crippen LogP contribution in [0.3, 0.4) is 0 Å². The van der Waals surface area contributed by atoms with E-state index in [9.17, 15) is 0 Å². The third-order valence-electron chi connectivity index (χ3n) is 5.15. The van der Waals surface area contributed by atoms with Gasteiger partial charge >= 0.3 is 0 Å². The summed E-state index contributed by atoms with van der Waals surface area (Å²) in [5.41, 5.74) is 8.61. The summed E-state index contributed by atoms with van der Waals surface area (Å²) in [6, 6.07) is 4.05. The van der Waals surface area contributed by atoms with Gasteiger partial charge in [-0.1, -0.05) is 6.92 Å². The summed E-state index contributed by atoms with van der Waals surface area (Å²) in [5, 5.41) is 0. The van der Waals surface area contributed by atoms with Crippen molar-refractivity contribution in [2.75, 3.05) is 7.11 Å². The number of aromatic nitrogens is 2. The molecule has 1 aliphatic heterocycles. The molecule has 2 aromatic heterocycles. The minimum atomic E-state index is 0. The highest BCUT2D eigenvalue weighted by molar-refractivity contribution is 6.05. The fourth-order valence-electron chi connectivity index (χ4n) is 3.95. The fourth-order valence-corrected chi connectivity index (χ4v) is 3.95. The summed E-state index contributed by atoms with van der Waals surface area (Å²) in [7, 11) is 1.72. The van der Waals surface area contributed by atoms with E-state index in [-0.39, 0.29) is 12.4 Å². The maximum absolute atomic E-state index is 5.58. The number of rotatable bonds is 3. The van der Waals surface area contributed by atoms with Crippen molar-refractivity contribution in [1.29, 1.82) is 0 Å². The Balaban J connectivity index is 0.00000182. The van der Waals surface area contributed by atoms with Crippen LogP contribution in [0.1, 0.15) is 53.9 Å². The molecule has 1 aliphatic carbocycles. The minimum absolute atomic E-state index is 0. The first kappa shape index (κ1) is 17.6. The Hall–Kier alpha value is -2.20. The number of halogens is 1. The van der Waals surface area contributed by atoms with E-state index >= 15 is 0 Å². The maximum Gasteiger partial charge on any atom is 0.248 e. The quantitative estimate of drug-likeness (QED) is 0.685. The number of fused-ring (bicyclic) bond motifs is 1. The van der Waals surface area contributed by atoms with Crippen molar-refractivity contribution in [3.8, 4) is 0 Å². The van der Waals surface area contributed by atoms with Gasteiger partial charge in [-0.2, -0.15) is 0 Å². The molecule has 1 atom stereocenters. The van der Waals surface area contributed by atoms with Crippen LogP contribution in [0.25, 0.3) is 6.08 Å². The Kier molecular flexibility index (Phi) is 4.91. The van der Waals surface area contributed by atoms with Gasteiger partial charge in [0.25, 0.3) is 0 Å². The molecule has 2 aromatic rings. The molecule has 0 saturated heterocycles. The van der Waals surface area contributed by atoms with E-state index in [0.717, 1.165) is 22.9 Å². The van der Waals surface area contributed by atoms with Crippen LogP contribution < -0.4 is 17.4 Å². The van der Waals surface area contributed by atoms with E-state index in [2.05, 4.69) is 41.0 Å². The number of hydrogen-bond acceptors (Lipinski definition) is 1. The summed E-state index contributed by atoms with van der Waals surface area (Å²) in [5.74, 6) is 1.47. The summed E-state index contributed by atoms with van der Waals surface area (Å²) >= 11 is 0. The summed E-state index contributed by atoms with van der Waals surface area (Å²) in [4.78, 5) is 10.3. The average molecular weight is 358 g/mol. The Labute approximate surface area is 154 Å². The van der Waals surface area contributed by atoms with Gasteiger partial charge in [-0.15, -0.1) is 0 Å². The molecule has 0 saturated carbocycles. The number of aryl methyl sites for hydroxylation is 1. The summed E-state index contributed by atoms with van der Waals surface area (Å²) in [6.45, 7) is 4.52. The van der Waals surface area contributed by atoms with Gasteiger partial charge in [-0.25, -0.2) is 4.99 Å². The van der Waals surface area contributed by atoms with Gasteiger partial charge in [0.1, 0.15) is 5.69 Å². The standard InChI is InChI=1S/C20H23N3O.ClH/c1-12-6-4-7-14-13(2)22-18(20(12)14)10-17-19(24-3)11-16(23-17)15-8-5-9-21-15;/h5,8-12,21-22H,4,6-7H2,1-3H3;1H/b17-10-;/t12-;/m1./s1. The Morgan fingerprint density at radius 3 is 2.92 bits per heavy atom. The second-order valence-electron chi connectivity index (χ2n) is 6.74. The molecule has 0 radical (unpaired) electrons. The van der Waals surface area contributed by atoms with Crippen LogP contribution in [0.2, 0.25) is 0 Å². The smallest absolute Gasteiger partial charge is 0.248 e. The predicted octanol–water partition coefficient (Wildman–Crippen LogP) is -0.450. The molecule has 2 aliphatic rings. The van der Waals surface area contributed by atoms with Crippen molar-refractivity contribution < 1.29 is 22.1 Å². The highest BCUT2D eigenvalue weighted by atomic mass is 35.5.